The molecule has 1 fully saturated rings. The van der Waals surface area contributed by atoms with Gasteiger partial charge in [0.1, 0.15) is 0 Å². The Bertz CT molecular complexity index is 536. The maximum absolute atomic E-state index is 11.8. The van der Waals surface area contributed by atoms with E-state index in [0.29, 0.717) is 25.9 Å². The number of carbonyl (C=O) groups is 2. The van der Waals surface area contributed by atoms with E-state index in [0.717, 1.165) is 30.5 Å². The summed E-state index contributed by atoms with van der Waals surface area (Å²) in [5, 5.41) is 2.87. The molecule has 5 nitrogen and oxygen atoms in total. The summed E-state index contributed by atoms with van der Waals surface area (Å²) in [6.45, 7) is 3.97. The molecule has 128 valence electrons. The summed E-state index contributed by atoms with van der Waals surface area (Å²) >= 11 is 0. The number of likely N-dealkylation sites (tertiary alicyclic amines) is 1. The zero-order valence-corrected chi connectivity index (χ0v) is 14.4. The number of nitrogens with two attached hydrogens (primary N) is 1. The summed E-state index contributed by atoms with van der Waals surface area (Å²) < 4.78 is 0. The summed E-state index contributed by atoms with van der Waals surface area (Å²) in [6, 6.07) is 7.55. The second-order valence-electron chi connectivity index (χ2n) is 5.85. The standard InChI is InChI=1S/C17H25N3O2.ClH/c1-2-5-15(18)17(22)19-11-13-6-3-7-14(10-13)12-20-9-4-8-16(20)21;/h3,6-7,10,15H,2,4-5,8-9,11-12,18H2,1H3,(H,19,22);1H. The highest BCUT2D eigenvalue weighted by Gasteiger charge is 2.20. The summed E-state index contributed by atoms with van der Waals surface area (Å²) in [4.78, 5) is 25.4. The number of hydrogen-bond acceptors (Lipinski definition) is 3. The lowest BCUT2D eigenvalue weighted by Gasteiger charge is -2.16. The van der Waals surface area contributed by atoms with Crippen molar-refractivity contribution in [3.63, 3.8) is 0 Å². The minimum Gasteiger partial charge on any atom is -0.351 e. The van der Waals surface area contributed by atoms with Gasteiger partial charge in [-0.15, -0.1) is 12.4 Å². The van der Waals surface area contributed by atoms with Crippen molar-refractivity contribution in [1.82, 2.24) is 10.2 Å². The van der Waals surface area contributed by atoms with Gasteiger partial charge in [-0.25, -0.2) is 0 Å². The predicted octanol–water partition coefficient (Wildman–Crippen LogP) is 1.97. The van der Waals surface area contributed by atoms with Gasteiger partial charge in [-0.3, -0.25) is 9.59 Å². The fraction of sp³-hybridized carbons (Fsp3) is 0.529. The quantitative estimate of drug-likeness (QED) is 0.797. The molecule has 1 aromatic rings. The van der Waals surface area contributed by atoms with Crippen molar-refractivity contribution in [3.05, 3.63) is 35.4 Å². The zero-order chi connectivity index (χ0) is 15.9. The maximum Gasteiger partial charge on any atom is 0.237 e. The molecule has 0 aromatic heterocycles. The molecule has 1 aliphatic heterocycles. The van der Waals surface area contributed by atoms with E-state index in [1.165, 1.54) is 0 Å². The fourth-order valence-electron chi connectivity index (χ4n) is 2.69. The van der Waals surface area contributed by atoms with Crippen LogP contribution in [0.25, 0.3) is 0 Å². The van der Waals surface area contributed by atoms with Crippen LogP contribution in [0.4, 0.5) is 0 Å². The molecule has 0 saturated carbocycles. The highest BCUT2D eigenvalue weighted by molar-refractivity contribution is 5.85. The van der Waals surface area contributed by atoms with Crippen molar-refractivity contribution in [3.8, 4) is 0 Å². The van der Waals surface area contributed by atoms with Crippen LogP contribution < -0.4 is 11.1 Å². The van der Waals surface area contributed by atoms with Crippen LogP contribution in [0.15, 0.2) is 24.3 Å². The lowest BCUT2D eigenvalue weighted by molar-refractivity contribution is -0.128. The molecule has 1 aliphatic rings. The highest BCUT2D eigenvalue weighted by atomic mass is 35.5. The van der Waals surface area contributed by atoms with Crippen LogP contribution >= 0.6 is 12.4 Å². The van der Waals surface area contributed by atoms with Crippen molar-refractivity contribution in [2.45, 2.75) is 51.7 Å². The van der Waals surface area contributed by atoms with Gasteiger partial charge in [0.25, 0.3) is 0 Å². The highest BCUT2D eigenvalue weighted by Crippen LogP contribution is 2.15. The van der Waals surface area contributed by atoms with Gasteiger partial charge in [0.05, 0.1) is 6.04 Å². The van der Waals surface area contributed by atoms with Crippen molar-refractivity contribution < 1.29 is 9.59 Å². The van der Waals surface area contributed by atoms with Crippen LogP contribution in [0.1, 0.15) is 43.7 Å². The molecule has 23 heavy (non-hydrogen) atoms. The van der Waals surface area contributed by atoms with E-state index in [2.05, 4.69) is 5.32 Å². The average molecular weight is 340 g/mol. The van der Waals surface area contributed by atoms with Crippen LogP contribution in [0, 0.1) is 0 Å². The second-order valence-corrected chi connectivity index (χ2v) is 5.85. The summed E-state index contributed by atoms with van der Waals surface area (Å²) in [7, 11) is 0. The van der Waals surface area contributed by atoms with Crippen LogP contribution in [-0.4, -0.2) is 29.3 Å². The second kappa shape index (κ2) is 9.53. The molecule has 1 heterocycles. The average Bonchev–Trinajstić information content (AvgIpc) is 2.90. The zero-order valence-electron chi connectivity index (χ0n) is 13.6. The smallest absolute Gasteiger partial charge is 0.237 e. The molecule has 2 rings (SSSR count). The fourth-order valence-corrected chi connectivity index (χ4v) is 2.69. The van der Waals surface area contributed by atoms with Crippen LogP contribution in [-0.2, 0) is 22.7 Å². The van der Waals surface area contributed by atoms with E-state index in [1.807, 2.05) is 36.1 Å². The van der Waals surface area contributed by atoms with Gasteiger partial charge in [0.15, 0.2) is 0 Å². The Morgan fingerprint density at radius 2 is 2.13 bits per heavy atom. The summed E-state index contributed by atoms with van der Waals surface area (Å²) in [6.07, 6.45) is 3.20. The SMILES string of the molecule is CCCC(N)C(=O)NCc1cccc(CN2CCCC2=O)c1.Cl. The van der Waals surface area contributed by atoms with Crippen molar-refractivity contribution in [2.24, 2.45) is 5.73 Å². The Morgan fingerprint density at radius 1 is 1.39 bits per heavy atom. The molecule has 2 amide bonds. The maximum atomic E-state index is 11.8. The molecule has 0 bridgehead atoms. The molecule has 0 aliphatic carbocycles. The largest absolute Gasteiger partial charge is 0.351 e. The first kappa shape index (κ1) is 19.5. The van der Waals surface area contributed by atoms with Crippen molar-refractivity contribution >= 4 is 24.2 Å². The first-order chi connectivity index (χ1) is 10.6. The number of carbonyl (C=O) groups excluding carboxylic acids is 2. The topological polar surface area (TPSA) is 75.4 Å². The monoisotopic (exact) mass is 339 g/mol. The Kier molecular flexibility index (Phi) is 8.06. The predicted molar refractivity (Wildman–Crippen MR) is 93.1 cm³/mol. The lowest BCUT2D eigenvalue weighted by atomic mass is 10.1. The number of amides is 2. The minimum atomic E-state index is -0.435. The molecular formula is C17H26ClN3O2. The van der Waals surface area contributed by atoms with Gasteiger partial charge < -0.3 is 16.0 Å². The molecule has 6 heteroatoms. The minimum absolute atomic E-state index is 0. The molecule has 1 unspecified atom stereocenters. The Morgan fingerprint density at radius 3 is 2.78 bits per heavy atom. The molecule has 3 N–H and O–H groups in total. The van der Waals surface area contributed by atoms with Crippen LogP contribution in [0.2, 0.25) is 0 Å². The Hall–Kier alpha value is -1.59. The first-order valence-electron chi connectivity index (χ1n) is 7.99. The van der Waals surface area contributed by atoms with Gasteiger partial charge in [0, 0.05) is 26.1 Å². The normalized spacial score (nSPS) is 15.2. The molecule has 1 aromatic carbocycles. The van der Waals surface area contributed by atoms with Crippen LogP contribution in [0.5, 0.6) is 0 Å². The number of rotatable bonds is 7. The van der Waals surface area contributed by atoms with E-state index in [9.17, 15) is 9.59 Å². The first-order valence-corrected chi connectivity index (χ1v) is 7.99. The van der Waals surface area contributed by atoms with E-state index < -0.39 is 6.04 Å². The van der Waals surface area contributed by atoms with E-state index >= 15 is 0 Å². The van der Waals surface area contributed by atoms with Crippen molar-refractivity contribution in [1.29, 1.82) is 0 Å². The number of nitrogens with zero attached hydrogens (tertiary/aromatic N) is 1. The van der Waals surface area contributed by atoms with Crippen molar-refractivity contribution in [2.75, 3.05) is 6.54 Å². The molecular weight excluding hydrogens is 314 g/mol. The van der Waals surface area contributed by atoms with Gasteiger partial charge in [-0.1, -0.05) is 37.6 Å². The summed E-state index contributed by atoms with van der Waals surface area (Å²) in [5.74, 6) is 0.117. The lowest BCUT2D eigenvalue weighted by Crippen LogP contribution is -2.40. The van der Waals surface area contributed by atoms with E-state index in [1.54, 1.807) is 0 Å². The van der Waals surface area contributed by atoms with E-state index in [4.69, 9.17) is 5.73 Å². The molecule has 1 atom stereocenters. The third kappa shape index (κ3) is 5.84. The van der Waals surface area contributed by atoms with Gasteiger partial charge in [-0.05, 0) is 24.0 Å². The number of hydrogen-bond donors (Lipinski definition) is 2. The number of halogens is 1. The van der Waals surface area contributed by atoms with Gasteiger partial charge in [-0.2, -0.15) is 0 Å². The number of nitrogens with one attached hydrogen (secondary N) is 1. The van der Waals surface area contributed by atoms with Gasteiger partial charge in [0.2, 0.25) is 11.8 Å². The molecule has 1 saturated heterocycles. The van der Waals surface area contributed by atoms with E-state index in [-0.39, 0.29) is 24.2 Å². The Labute approximate surface area is 144 Å². The molecule has 0 radical (unpaired) electrons. The Balaban J connectivity index is 0.00000264. The van der Waals surface area contributed by atoms with Crippen LogP contribution in [0.3, 0.4) is 0 Å². The molecule has 0 spiro atoms. The third-order valence-corrected chi connectivity index (χ3v) is 3.94. The number of benzene rings is 1. The third-order valence-electron chi connectivity index (χ3n) is 3.94. The summed E-state index contributed by atoms with van der Waals surface area (Å²) in [5.41, 5.74) is 7.92. The van der Waals surface area contributed by atoms with Gasteiger partial charge >= 0.3 is 0 Å².